The minimum absolute atomic E-state index is 0.238. The Labute approximate surface area is 62.1 Å². The van der Waals surface area contributed by atoms with Gasteiger partial charge in [0.1, 0.15) is 0 Å². The third kappa shape index (κ3) is 2.80. The van der Waals surface area contributed by atoms with E-state index in [1.54, 1.807) is 20.3 Å². The smallest absolute Gasteiger partial charge is 0.179 e. The average Bonchev–Trinajstić information content (AvgIpc) is 1.91. The molecule has 0 bridgehead atoms. The number of hydrogen-bond acceptors (Lipinski definition) is 2. The highest BCUT2D eigenvalue weighted by Crippen LogP contribution is 2.04. The van der Waals surface area contributed by atoms with Gasteiger partial charge in [-0.1, -0.05) is 18.7 Å². The van der Waals surface area contributed by atoms with Crippen molar-refractivity contribution >= 4 is 0 Å². The minimum atomic E-state index is -0.238. The van der Waals surface area contributed by atoms with Crippen molar-refractivity contribution in [1.29, 1.82) is 0 Å². The fourth-order valence-electron chi connectivity index (χ4n) is 0.732. The maximum Gasteiger partial charge on any atom is 0.179 e. The van der Waals surface area contributed by atoms with Crippen LogP contribution in [0, 0.1) is 0 Å². The molecule has 0 aromatic carbocycles. The van der Waals surface area contributed by atoms with Gasteiger partial charge in [0.2, 0.25) is 0 Å². The van der Waals surface area contributed by atoms with E-state index < -0.39 is 0 Å². The molecule has 0 atom stereocenters. The van der Waals surface area contributed by atoms with Crippen LogP contribution in [0.25, 0.3) is 0 Å². The Morgan fingerprint density at radius 1 is 1.40 bits per heavy atom. The molecule has 0 amide bonds. The van der Waals surface area contributed by atoms with Crippen molar-refractivity contribution in [1.82, 2.24) is 0 Å². The van der Waals surface area contributed by atoms with Crippen LogP contribution in [0.5, 0.6) is 0 Å². The number of rotatable bonds is 4. The Morgan fingerprint density at radius 2 is 1.90 bits per heavy atom. The van der Waals surface area contributed by atoms with Gasteiger partial charge in [-0.05, 0) is 12.5 Å². The van der Waals surface area contributed by atoms with Gasteiger partial charge in [-0.15, -0.1) is 0 Å². The van der Waals surface area contributed by atoms with Crippen molar-refractivity contribution in [3.8, 4) is 0 Å². The van der Waals surface area contributed by atoms with E-state index in [9.17, 15) is 0 Å². The zero-order chi connectivity index (χ0) is 7.98. The zero-order valence-corrected chi connectivity index (χ0v) is 6.76. The second-order valence-corrected chi connectivity index (χ2v) is 1.95. The normalized spacial score (nSPS) is 12.2. The number of hydrogen-bond donors (Lipinski definition) is 0. The van der Waals surface area contributed by atoms with Crippen molar-refractivity contribution in [2.75, 3.05) is 14.2 Å². The second-order valence-electron chi connectivity index (χ2n) is 1.95. The lowest BCUT2D eigenvalue weighted by atomic mass is 10.3. The first-order chi connectivity index (χ1) is 4.76. The number of ether oxygens (including phenoxy) is 2. The van der Waals surface area contributed by atoms with E-state index in [0.717, 1.165) is 5.57 Å². The van der Waals surface area contributed by atoms with E-state index in [2.05, 4.69) is 6.58 Å². The summed E-state index contributed by atoms with van der Waals surface area (Å²) in [5.41, 5.74) is 1.01. The molecule has 0 saturated carbocycles. The highest BCUT2D eigenvalue weighted by atomic mass is 16.7. The summed E-state index contributed by atoms with van der Waals surface area (Å²) in [5, 5.41) is 0. The second kappa shape index (κ2) is 5.21. The van der Waals surface area contributed by atoms with Gasteiger partial charge in [-0.25, -0.2) is 0 Å². The first-order valence-electron chi connectivity index (χ1n) is 3.11. The van der Waals surface area contributed by atoms with Gasteiger partial charge in [-0.3, -0.25) is 0 Å². The van der Waals surface area contributed by atoms with Crippen LogP contribution in [0.3, 0.4) is 0 Å². The molecule has 0 radical (unpaired) electrons. The molecule has 0 aliphatic rings. The van der Waals surface area contributed by atoms with Gasteiger partial charge in [-0.2, -0.15) is 0 Å². The van der Waals surface area contributed by atoms with Crippen LogP contribution in [0.15, 0.2) is 24.3 Å². The molecule has 0 spiro atoms. The molecular formula is C8H14O2. The summed E-state index contributed by atoms with van der Waals surface area (Å²) in [4.78, 5) is 0. The molecule has 0 unspecified atom stereocenters. The zero-order valence-electron chi connectivity index (χ0n) is 6.76. The molecule has 0 aromatic heterocycles. The maximum atomic E-state index is 4.98. The van der Waals surface area contributed by atoms with Crippen LogP contribution in [0.2, 0.25) is 0 Å². The summed E-state index contributed by atoms with van der Waals surface area (Å²) in [6.45, 7) is 5.49. The molecule has 2 heteroatoms. The van der Waals surface area contributed by atoms with Gasteiger partial charge < -0.3 is 9.47 Å². The Bertz CT molecular complexity index is 123. The van der Waals surface area contributed by atoms with Gasteiger partial charge in [0, 0.05) is 14.2 Å². The highest BCUT2D eigenvalue weighted by molar-refractivity contribution is 5.09. The summed E-state index contributed by atoms with van der Waals surface area (Å²) in [6.07, 6.45) is 3.33. The van der Waals surface area contributed by atoms with E-state index in [1.807, 2.05) is 13.0 Å². The molecule has 0 aromatic rings. The summed E-state index contributed by atoms with van der Waals surface area (Å²) >= 11 is 0. The van der Waals surface area contributed by atoms with Crippen LogP contribution in [0.1, 0.15) is 6.92 Å². The van der Waals surface area contributed by atoms with Crippen LogP contribution < -0.4 is 0 Å². The van der Waals surface area contributed by atoms with Crippen LogP contribution in [-0.2, 0) is 9.47 Å². The SMILES string of the molecule is C=C/C=C(/C)C(OC)OC. The third-order valence-corrected chi connectivity index (χ3v) is 1.18. The molecule has 58 valence electrons. The van der Waals surface area contributed by atoms with E-state index in [4.69, 9.17) is 9.47 Å². The monoisotopic (exact) mass is 142 g/mol. The van der Waals surface area contributed by atoms with Crippen molar-refractivity contribution in [3.63, 3.8) is 0 Å². The maximum absolute atomic E-state index is 4.98. The quantitative estimate of drug-likeness (QED) is 0.439. The molecule has 10 heavy (non-hydrogen) atoms. The minimum Gasteiger partial charge on any atom is -0.352 e. The van der Waals surface area contributed by atoms with Crippen molar-refractivity contribution in [2.45, 2.75) is 13.2 Å². The Balaban J connectivity index is 3.99. The highest BCUT2D eigenvalue weighted by Gasteiger charge is 2.04. The van der Waals surface area contributed by atoms with Gasteiger partial charge >= 0.3 is 0 Å². The summed E-state index contributed by atoms with van der Waals surface area (Å²) in [5.74, 6) is 0. The molecule has 0 N–H and O–H groups in total. The molecule has 0 saturated heterocycles. The van der Waals surface area contributed by atoms with E-state index in [-0.39, 0.29) is 6.29 Å². The Morgan fingerprint density at radius 3 is 2.20 bits per heavy atom. The largest absolute Gasteiger partial charge is 0.352 e. The van der Waals surface area contributed by atoms with Crippen LogP contribution in [0.4, 0.5) is 0 Å². The molecule has 0 aliphatic carbocycles. The van der Waals surface area contributed by atoms with Crippen molar-refractivity contribution in [3.05, 3.63) is 24.3 Å². The molecule has 2 nitrogen and oxygen atoms in total. The lowest BCUT2D eigenvalue weighted by Gasteiger charge is -2.12. The third-order valence-electron chi connectivity index (χ3n) is 1.18. The fraction of sp³-hybridized carbons (Fsp3) is 0.500. The first-order valence-corrected chi connectivity index (χ1v) is 3.11. The van der Waals surface area contributed by atoms with Crippen molar-refractivity contribution < 1.29 is 9.47 Å². The fourth-order valence-corrected chi connectivity index (χ4v) is 0.732. The Hall–Kier alpha value is -0.600. The lowest BCUT2D eigenvalue weighted by molar-refractivity contribution is -0.0746. The van der Waals surface area contributed by atoms with Gasteiger partial charge in [0.05, 0.1) is 0 Å². The van der Waals surface area contributed by atoms with Gasteiger partial charge in [0.25, 0.3) is 0 Å². The number of allylic oxidation sites excluding steroid dienone is 2. The molecule has 0 rings (SSSR count). The summed E-state index contributed by atoms with van der Waals surface area (Å²) in [6, 6.07) is 0. The topological polar surface area (TPSA) is 18.5 Å². The molecule has 0 fully saturated rings. The number of methoxy groups -OCH3 is 2. The lowest BCUT2D eigenvalue weighted by Crippen LogP contribution is -2.13. The molecular weight excluding hydrogens is 128 g/mol. The van der Waals surface area contributed by atoms with E-state index >= 15 is 0 Å². The van der Waals surface area contributed by atoms with Crippen LogP contribution in [-0.4, -0.2) is 20.5 Å². The predicted octanol–water partition coefficient (Wildman–Crippen LogP) is 1.74. The molecule has 0 heterocycles. The average molecular weight is 142 g/mol. The van der Waals surface area contributed by atoms with Gasteiger partial charge in [0.15, 0.2) is 6.29 Å². The summed E-state index contributed by atoms with van der Waals surface area (Å²) in [7, 11) is 3.21. The van der Waals surface area contributed by atoms with E-state index in [0.29, 0.717) is 0 Å². The standard InChI is InChI=1S/C8H14O2/c1-5-6-7(2)8(9-3)10-4/h5-6,8H,1H2,2-4H3/b7-6-. The van der Waals surface area contributed by atoms with Crippen molar-refractivity contribution in [2.24, 2.45) is 0 Å². The first kappa shape index (κ1) is 9.40. The van der Waals surface area contributed by atoms with Crippen LogP contribution >= 0.6 is 0 Å². The predicted molar refractivity (Wildman–Crippen MR) is 41.8 cm³/mol. The summed E-state index contributed by atoms with van der Waals surface area (Å²) < 4.78 is 9.95. The molecule has 0 aliphatic heterocycles. The Kier molecular flexibility index (Phi) is 4.89. The van der Waals surface area contributed by atoms with E-state index in [1.165, 1.54) is 0 Å².